The Morgan fingerprint density at radius 3 is 2.12 bits per heavy atom. The van der Waals surface area contributed by atoms with E-state index in [1.54, 1.807) is 13.8 Å². The van der Waals surface area contributed by atoms with Crippen molar-refractivity contribution in [1.82, 2.24) is 0 Å². The van der Waals surface area contributed by atoms with Crippen molar-refractivity contribution in [3.05, 3.63) is 11.6 Å². The number of aliphatic hydroxyl groups excluding tert-OH is 1. The van der Waals surface area contributed by atoms with E-state index < -0.39 is 7.60 Å². The molecule has 0 radical (unpaired) electrons. The summed E-state index contributed by atoms with van der Waals surface area (Å²) in [6, 6.07) is 0. The Morgan fingerprint density at radius 2 is 1.75 bits per heavy atom. The molecular formula is C11H23O4P. The Labute approximate surface area is 98.2 Å². The number of aliphatic hydroxyl groups is 1. The van der Waals surface area contributed by atoms with Gasteiger partial charge in [-0.05, 0) is 26.7 Å². The lowest BCUT2D eigenvalue weighted by Crippen LogP contribution is -1.99. The number of hydrogen-bond acceptors (Lipinski definition) is 4. The Balaban J connectivity index is 4.53. The zero-order chi connectivity index (χ0) is 12.4. The minimum absolute atomic E-state index is 0.308. The zero-order valence-corrected chi connectivity index (χ0v) is 11.3. The van der Waals surface area contributed by atoms with Gasteiger partial charge in [0.05, 0.1) is 24.8 Å². The van der Waals surface area contributed by atoms with Gasteiger partial charge in [0.25, 0.3) is 0 Å². The normalized spacial score (nSPS) is 13.1. The molecule has 4 nitrogen and oxygen atoms in total. The van der Waals surface area contributed by atoms with Crippen LogP contribution in [-0.2, 0) is 13.6 Å². The van der Waals surface area contributed by atoms with Crippen molar-refractivity contribution in [1.29, 1.82) is 0 Å². The van der Waals surface area contributed by atoms with Gasteiger partial charge >= 0.3 is 7.60 Å². The lowest BCUT2D eigenvalue weighted by atomic mass is 10.2. The molecule has 5 heteroatoms. The molecule has 0 aliphatic carbocycles. The number of allylic oxidation sites excluding steroid dienone is 1. The van der Waals surface area contributed by atoms with E-state index in [0.717, 1.165) is 25.5 Å². The molecule has 0 aromatic heterocycles. The van der Waals surface area contributed by atoms with Crippen LogP contribution in [0.2, 0.25) is 0 Å². The van der Waals surface area contributed by atoms with E-state index in [-0.39, 0.29) is 0 Å². The van der Waals surface area contributed by atoms with Gasteiger partial charge in [-0.2, -0.15) is 0 Å². The molecule has 0 aliphatic heterocycles. The summed E-state index contributed by atoms with van der Waals surface area (Å²) in [5.41, 5.74) is 0. The monoisotopic (exact) mass is 250 g/mol. The highest BCUT2D eigenvalue weighted by Crippen LogP contribution is 2.57. The number of unbranched alkanes of at least 4 members (excludes halogenated alkanes) is 2. The van der Waals surface area contributed by atoms with E-state index in [4.69, 9.17) is 14.2 Å². The fourth-order valence-electron chi connectivity index (χ4n) is 1.37. The molecule has 0 amide bonds. The van der Waals surface area contributed by atoms with Crippen LogP contribution in [0.4, 0.5) is 0 Å². The third-order valence-corrected chi connectivity index (χ3v) is 4.37. The van der Waals surface area contributed by atoms with Crippen molar-refractivity contribution >= 4 is 7.60 Å². The maximum absolute atomic E-state index is 12.3. The smallest absolute Gasteiger partial charge is 0.360 e. The van der Waals surface area contributed by atoms with Crippen LogP contribution in [0.1, 0.15) is 46.5 Å². The molecule has 0 fully saturated rings. The SMILES string of the molecule is CCCCC/C(=C/O)P(=O)(OCC)OCC. The summed E-state index contributed by atoms with van der Waals surface area (Å²) in [6.45, 7) is 6.22. The average Bonchev–Trinajstić information content (AvgIpc) is 2.25. The van der Waals surface area contributed by atoms with Crippen molar-refractivity contribution in [2.75, 3.05) is 13.2 Å². The molecule has 0 aromatic rings. The summed E-state index contributed by atoms with van der Waals surface area (Å²) in [7, 11) is -3.26. The fraction of sp³-hybridized carbons (Fsp3) is 0.818. The summed E-state index contributed by atoms with van der Waals surface area (Å²) in [5, 5.41) is 9.50. The molecule has 0 aromatic carbocycles. The topological polar surface area (TPSA) is 55.8 Å². The van der Waals surface area contributed by atoms with Crippen molar-refractivity contribution in [3.63, 3.8) is 0 Å². The standard InChI is InChI=1S/C11H23O4P/c1-4-7-8-9-11(10-12)16(13,14-5-2)15-6-3/h10,12H,4-9H2,1-3H3/b11-10-. The third-order valence-electron chi connectivity index (χ3n) is 2.14. The highest BCUT2D eigenvalue weighted by Gasteiger charge is 2.29. The van der Waals surface area contributed by atoms with Crippen LogP contribution < -0.4 is 0 Å². The highest BCUT2D eigenvalue weighted by molar-refractivity contribution is 7.58. The Kier molecular flexibility index (Phi) is 8.63. The van der Waals surface area contributed by atoms with Gasteiger partial charge in [0, 0.05) is 0 Å². The Morgan fingerprint density at radius 1 is 1.19 bits per heavy atom. The van der Waals surface area contributed by atoms with Crippen LogP contribution in [-0.4, -0.2) is 18.3 Å². The first-order chi connectivity index (χ1) is 7.64. The molecular weight excluding hydrogens is 227 g/mol. The molecule has 0 unspecified atom stereocenters. The van der Waals surface area contributed by atoms with Gasteiger partial charge < -0.3 is 14.2 Å². The molecule has 0 bridgehead atoms. The minimum Gasteiger partial charge on any atom is -0.515 e. The van der Waals surface area contributed by atoms with Crippen molar-refractivity contribution < 1.29 is 18.7 Å². The second-order valence-corrected chi connectivity index (χ2v) is 5.50. The quantitative estimate of drug-likeness (QED) is 0.378. The molecule has 0 atom stereocenters. The Hall–Kier alpha value is -0.310. The second-order valence-electron chi connectivity index (χ2n) is 3.41. The van der Waals surface area contributed by atoms with Crippen molar-refractivity contribution in [2.45, 2.75) is 46.5 Å². The van der Waals surface area contributed by atoms with Crippen LogP contribution >= 0.6 is 7.60 Å². The first-order valence-electron chi connectivity index (χ1n) is 5.87. The molecule has 0 saturated heterocycles. The summed E-state index contributed by atoms with van der Waals surface area (Å²) >= 11 is 0. The fourth-order valence-corrected chi connectivity index (χ4v) is 3.03. The van der Waals surface area contributed by atoms with Gasteiger partial charge in [-0.25, -0.2) is 0 Å². The predicted molar refractivity (Wildman–Crippen MR) is 65.7 cm³/mol. The van der Waals surface area contributed by atoms with Crippen LogP contribution in [0.5, 0.6) is 0 Å². The summed E-state index contributed by atoms with van der Waals surface area (Å²) in [5.74, 6) is 0. The summed E-state index contributed by atoms with van der Waals surface area (Å²) in [4.78, 5) is 0. The molecule has 0 aliphatic rings. The molecule has 1 N–H and O–H groups in total. The van der Waals surface area contributed by atoms with E-state index in [1.165, 1.54) is 0 Å². The van der Waals surface area contributed by atoms with Crippen molar-refractivity contribution in [2.24, 2.45) is 0 Å². The lowest BCUT2D eigenvalue weighted by molar-refractivity contribution is 0.224. The van der Waals surface area contributed by atoms with E-state index in [1.807, 2.05) is 0 Å². The van der Waals surface area contributed by atoms with Gasteiger partial charge in [-0.3, -0.25) is 4.57 Å². The maximum atomic E-state index is 12.3. The van der Waals surface area contributed by atoms with Crippen LogP contribution in [0.25, 0.3) is 0 Å². The largest absolute Gasteiger partial charge is 0.515 e. The first-order valence-corrected chi connectivity index (χ1v) is 7.41. The number of hydrogen-bond donors (Lipinski definition) is 1. The lowest BCUT2D eigenvalue weighted by Gasteiger charge is -2.19. The number of rotatable bonds is 9. The van der Waals surface area contributed by atoms with Crippen LogP contribution in [0.15, 0.2) is 11.6 Å². The van der Waals surface area contributed by atoms with E-state index in [0.29, 0.717) is 24.9 Å². The maximum Gasteiger partial charge on any atom is 0.360 e. The van der Waals surface area contributed by atoms with Crippen molar-refractivity contribution in [3.8, 4) is 0 Å². The van der Waals surface area contributed by atoms with Gasteiger partial charge in [0.15, 0.2) is 0 Å². The van der Waals surface area contributed by atoms with Crippen LogP contribution in [0, 0.1) is 0 Å². The summed E-state index contributed by atoms with van der Waals surface area (Å²) in [6.07, 6.45) is 4.43. The second kappa shape index (κ2) is 8.80. The first kappa shape index (κ1) is 15.7. The highest BCUT2D eigenvalue weighted by atomic mass is 31.2. The van der Waals surface area contributed by atoms with E-state index in [9.17, 15) is 4.57 Å². The van der Waals surface area contributed by atoms with Crippen LogP contribution in [0.3, 0.4) is 0 Å². The van der Waals surface area contributed by atoms with Gasteiger partial charge in [0.2, 0.25) is 0 Å². The van der Waals surface area contributed by atoms with Gasteiger partial charge in [-0.15, -0.1) is 0 Å². The molecule has 0 spiro atoms. The van der Waals surface area contributed by atoms with Gasteiger partial charge in [-0.1, -0.05) is 19.8 Å². The van der Waals surface area contributed by atoms with E-state index in [2.05, 4.69) is 6.92 Å². The molecule has 0 saturated carbocycles. The minimum atomic E-state index is -3.26. The average molecular weight is 250 g/mol. The molecule has 0 rings (SSSR count). The summed E-state index contributed by atoms with van der Waals surface area (Å²) < 4.78 is 22.6. The molecule has 16 heavy (non-hydrogen) atoms. The zero-order valence-electron chi connectivity index (χ0n) is 10.4. The Bertz CT molecular complexity index is 240. The predicted octanol–water partition coefficient (Wildman–Crippen LogP) is 4.23. The van der Waals surface area contributed by atoms with Gasteiger partial charge in [0.1, 0.15) is 0 Å². The molecule has 0 heterocycles. The third kappa shape index (κ3) is 5.15. The van der Waals surface area contributed by atoms with E-state index >= 15 is 0 Å². The molecule has 96 valence electrons.